The van der Waals surface area contributed by atoms with Gasteiger partial charge in [0.25, 0.3) is 0 Å². The van der Waals surface area contributed by atoms with Crippen LogP contribution in [0.3, 0.4) is 0 Å². The van der Waals surface area contributed by atoms with Crippen LogP contribution in [0, 0.1) is 0 Å². The second kappa shape index (κ2) is 29.4. The number of hydrogen-bond acceptors (Lipinski definition) is 2. The average Bonchev–Trinajstić information content (AvgIpc) is 1.93. The summed E-state index contributed by atoms with van der Waals surface area (Å²) in [5.74, 6) is 0. The number of rotatable bonds is 4. The molecule has 0 aliphatic rings. The molecular weight excluding hydrogens is 382 g/mol. The third kappa shape index (κ3) is 42.4. The van der Waals surface area contributed by atoms with Gasteiger partial charge in [-0.3, -0.25) is 0 Å². The Kier molecular flexibility index (Phi) is 57.2. The van der Waals surface area contributed by atoms with E-state index in [1.165, 1.54) is 0 Å². The van der Waals surface area contributed by atoms with Gasteiger partial charge in [-0.2, -0.15) is 0 Å². The van der Waals surface area contributed by atoms with E-state index in [1.807, 2.05) is 27.7 Å². The maximum atomic E-state index is 4.83. The van der Waals surface area contributed by atoms with E-state index in [4.69, 9.17) is 9.47 Å². The summed E-state index contributed by atoms with van der Waals surface area (Å²) in [5.41, 5.74) is 0. The quantitative estimate of drug-likeness (QED) is 0.670. The highest BCUT2D eigenvalue weighted by Crippen LogP contribution is 1.64. The van der Waals surface area contributed by atoms with E-state index in [0.717, 1.165) is 26.4 Å². The third-order valence-corrected chi connectivity index (χ3v) is 0.816. The number of halogens is 2. The Bertz CT molecular complexity index is 36.0. The zero-order valence-corrected chi connectivity index (χ0v) is 13.1. The van der Waals surface area contributed by atoms with Gasteiger partial charge in [0.05, 0.1) is 0 Å². The van der Waals surface area contributed by atoms with Gasteiger partial charge in [0.1, 0.15) is 0 Å². The van der Waals surface area contributed by atoms with Crippen LogP contribution in [0.15, 0.2) is 0 Å². The largest absolute Gasteiger partial charge is 0.382 e. The molecule has 0 amide bonds. The van der Waals surface area contributed by atoms with Crippen LogP contribution in [0.25, 0.3) is 0 Å². The molecule has 0 N–H and O–H groups in total. The molecule has 0 aliphatic carbocycles. The second-order valence-electron chi connectivity index (χ2n) is 1.56. The lowest BCUT2D eigenvalue weighted by Crippen LogP contribution is -1.84. The summed E-state index contributed by atoms with van der Waals surface area (Å²) in [7, 11) is 0. The predicted molar refractivity (Wildman–Crippen MR) is 75.2 cm³/mol. The van der Waals surface area contributed by atoms with Crippen molar-refractivity contribution < 1.29 is 9.47 Å². The Balaban J connectivity index is -0.0000000457. The molecule has 0 bridgehead atoms. The van der Waals surface area contributed by atoms with Gasteiger partial charge in [-0.15, -0.1) is 48.0 Å². The summed E-state index contributed by atoms with van der Waals surface area (Å²) >= 11 is 0. The summed E-state index contributed by atoms with van der Waals surface area (Å²) in [6.45, 7) is 11.3. The van der Waals surface area contributed by atoms with Crippen LogP contribution in [0.5, 0.6) is 0 Å². The van der Waals surface area contributed by atoms with Gasteiger partial charge < -0.3 is 9.47 Å². The van der Waals surface area contributed by atoms with E-state index in [2.05, 4.69) is 0 Å². The normalized spacial score (nSPS) is 7.00. The van der Waals surface area contributed by atoms with E-state index in [-0.39, 0.29) is 48.0 Å². The van der Waals surface area contributed by atoms with E-state index < -0.39 is 0 Å². The molecule has 0 aliphatic heterocycles. The van der Waals surface area contributed by atoms with Gasteiger partial charge in [-0.1, -0.05) is 0 Å². The number of hydrogen-bond donors (Lipinski definition) is 0. The maximum Gasteiger partial charge on any atom is 0.0437 e. The van der Waals surface area contributed by atoms with Crippen molar-refractivity contribution in [2.45, 2.75) is 27.7 Å². The zero-order chi connectivity index (χ0) is 8.24. The van der Waals surface area contributed by atoms with Crippen LogP contribution in [0.2, 0.25) is 0 Å². The van der Waals surface area contributed by atoms with Crippen molar-refractivity contribution in [1.29, 1.82) is 0 Å². The summed E-state index contributed by atoms with van der Waals surface area (Å²) < 4.78 is 9.67. The van der Waals surface area contributed by atoms with E-state index in [0.29, 0.717) is 0 Å². The van der Waals surface area contributed by atoms with E-state index in [9.17, 15) is 0 Å². The summed E-state index contributed by atoms with van der Waals surface area (Å²) in [4.78, 5) is 0. The third-order valence-electron chi connectivity index (χ3n) is 0.816. The Hall–Kier alpha value is 1.38. The molecule has 0 fully saturated rings. The Labute approximate surface area is 111 Å². The first-order valence-electron chi connectivity index (χ1n) is 3.98. The van der Waals surface area contributed by atoms with Crippen LogP contribution in [0.1, 0.15) is 27.7 Å². The van der Waals surface area contributed by atoms with Gasteiger partial charge in [0.2, 0.25) is 0 Å². The molecule has 0 aromatic heterocycles. The van der Waals surface area contributed by atoms with Crippen molar-refractivity contribution in [1.82, 2.24) is 0 Å². The molecule has 0 aromatic rings. The highest BCUT2D eigenvalue weighted by Gasteiger charge is 1.64. The smallest absolute Gasteiger partial charge is 0.0437 e. The minimum Gasteiger partial charge on any atom is -0.382 e. The van der Waals surface area contributed by atoms with Crippen molar-refractivity contribution in [3.8, 4) is 0 Å². The second-order valence-corrected chi connectivity index (χ2v) is 1.56. The molecule has 12 heavy (non-hydrogen) atoms. The lowest BCUT2D eigenvalue weighted by Gasteiger charge is -1.86. The van der Waals surface area contributed by atoms with Gasteiger partial charge >= 0.3 is 0 Å². The molecule has 0 spiro atoms. The highest BCUT2D eigenvalue weighted by molar-refractivity contribution is 14.0. The Morgan fingerprint density at radius 2 is 0.750 bits per heavy atom. The fraction of sp³-hybridized carbons (Fsp3) is 1.00. The SMILES string of the molecule is CCOCC.CCOCC.I.I. The van der Waals surface area contributed by atoms with Gasteiger partial charge in [-0.25, -0.2) is 0 Å². The molecule has 0 radical (unpaired) electrons. The molecule has 0 unspecified atom stereocenters. The maximum absolute atomic E-state index is 4.83. The van der Waals surface area contributed by atoms with Crippen LogP contribution in [0.4, 0.5) is 0 Å². The topological polar surface area (TPSA) is 18.5 Å². The van der Waals surface area contributed by atoms with Crippen molar-refractivity contribution in [2.24, 2.45) is 0 Å². The minimum atomic E-state index is 0. The highest BCUT2D eigenvalue weighted by atomic mass is 127. The summed E-state index contributed by atoms with van der Waals surface area (Å²) in [6.07, 6.45) is 0. The lowest BCUT2D eigenvalue weighted by atomic mass is 10.8. The van der Waals surface area contributed by atoms with Crippen LogP contribution >= 0.6 is 48.0 Å². The molecule has 0 rings (SSSR count). The fourth-order valence-electron chi connectivity index (χ4n) is 0.408. The van der Waals surface area contributed by atoms with Crippen molar-refractivity contribution in [3.63, 3.8) is 0 Å². The summed E-state index contributed by atoms with van der Waals surface area (Å²) in [5, 5.41) is 0. The van der Waals surface area contributed by atoms with E-state index >= 15 is 0 Å². The van der Waals surface area contributed by atoms with Crippen LogP contribution in [-0.2, 0) is 9.47 Å². The van der Waals surface area contributed by atoms with Crippen molar-refractivity contribution in [3.05, 3.63) is 0 Å². The first kappa shape index (κ1) is 23.3. The molecule has 80 valence electrons. The van der Waals surface area contributed by atoms with E-state index in [1.54, 1.807) is 0 Å². The molecule has 0 saturated carbocycles. The van der Waals surface area contributed by atoms with Crippen LogP contribution in [-0.4, -0.2) is 26.4 Å². The average molecular weight is 404 g/mol. The standard InChI is InChI=1S/2C4H10O.2HI/c2*1-3-5-4-2;;/h2*3-4H2,1-2H3;2*1H. The van der Waals surface area contributed by atoms with Gasteiger partial charge in [0, 0.05) is 26.4 Å². The van der Waals surface area contributed by atoms with Crippen molar-refractivity contribution >= 4 is 48.0 Å². The predicted octanol–water partition coefficient (Wildman–Crippen LogP) is 3.32. The van der Waals surface area contributed by atoms with Gasteiger partial charge in [0.15, 0.2) is 0 Å². The number of ether oxygens (including phenoxy) is 2. The molecule has 0 saturated heterocycles. The fourth-order valence-corrected chi connectivity index (χ4v) is 0.408. The van der Waals surface area contributed by atoms with Crippen LogP contribution < -0.4 is 0 Å². The molecule has 4 heteroatoms. The minimum absolute atomic E-state index is 0. The molecule has 0 atom stereocenters. The zero-order valence-electron chi connectivity index (χ0n) is 8.46. The molecule has 0 aromatic carbocycles. The van der Waals surface area contributed by atoms with Crippen molar-refractivity contribution in [2.75, 3.05) is 26.4 Å². The summed E-state index contributed by atoms with van der Waals surface area (Å²) in [6, 6.07) is 0. The Morgan fingerprint density at radius 1 is 0.583 bits per heavy atom. The first-order valence-corrected chi connectivity index (χ1v) is 3.98. The van der Waals surface area contributed by atoms with Gasteiger partial charge in [-0.05, 0) is 27.7 Å². The molecular formula is C8H22I2O2. The molecule has 0 heterocycles. The lowest BCUT2D eigenvalue weighted by molar-refractivity contribution is 0.162. The molecule has 2 nitrogen and oxygen atoms in total. The first-order chi connectivity index (χ1) is 4.83. The Morgan fingerprint density at radius 3 is 0.750 bits per heavy atom. The monoisotopic (exact) mass is 404 g/mol.